The van der Waals surface area contributed by atoms with Crippen molar-refractivity contribution in [1.82, 2.24) is 20.0 Å². The van der Waals surface area contributed by atoms with E-state index in [-0.39, 0.29) is 24.4 Å². The van der Waals surface area contributed by atoms with Crippen LogP contribution in [0.25, 0.3) is 5.69 Å². The molecule has 1 fully saturated rings. The summed E-state index contributed by atoms with van der Waals surface area (Å²) in [4.78, 5) is 15.4. The van der Waals surface area contributed by atoms with Crippen molar-refractivity contribution in [3.8, 4) is 11.6 Å². The van der Waals surface area contributed by atoms with Crippen molar-refractivity contribution in [2.75, 3.05) is 45.3 Å². The molecule has 3 N–H and O–H groups in total. The van der Waals surface area contributed by atoms with Gasteiger partial charge < -0.3 is 19.9 Å². The molecule has 9 nitrogen and oxygen atoms in total. The molecule has 1 saturated heterocycles. The summed E-state index contributed by atoms with van der Waals surface area (Å²) >= 11 is 3.48. The Morgan fingerprint density at radius 1 is 1.18 bits per heavy atom. The molecule has 210 valence electrons. The van der Waals surface area contributed by atoms with E-state index in [1.54, 1.807) is 27.0 Å². The number of para-hydroxylation sites is 1. The first-order valence-electron chi connectivity index (χ1n) is 12.5. The summed E-state index contributed by atoms with van der Waals surface area (Å²) in [5.74, 6) is -1.60. The summed E-state index contributed by atoms with van der Waals surface area (Å²) in [6.07, 6.45) is 0. The first-order chi connectivity index (χ1) is 18.6. The fraction of sp³-hybridized carbons (Fsp3) is 0.407. The standard InChI is InChI=1S/C27H32BrF2N5O4/c1-27(2,37)16-39-25-23(28)24(35(33-25)18-7-5-4-6-8-18)32-26(36)31-22-15-34(11-12-38-3)14-19(22)17-9-10-20(29)21(30)13-17/h4-10,13,19,22,37H,11-12,14-16H2,1-3H3,(H2,31,32,36)/t19-,22+/m0/s1. The van der Waals surface area contributed by atoms with Crippen LogP contribution < -0.4 is 15.4 Å². The van der Waals surface area contributed by atoms with Crippen molar-refractivity contribution in [2.45, 2.75) is 31.4 Å². The minimum atomic E-state index is -1.09. The number of nitrogens with zero attached hydrogens (tertiary/aromatic N) is 3. The van der Waals surface area contributed by atoms with Gasteiger partial charge in [-0.05, 0) is 59.6 Å². The van der Waals surface area contributed by atoms with Crippen LogP contribution in [0.4, 0.5) is 19.4 Å². The zero-order chi connectivity index (χ0) is 28.2. The van der Waals surface area contributed by atoms with Crippen LogP contribution in [-0.4, -0.2) is 77.4 Å². The molecule has 2 amide bonds. The highest BCUT2D eigenvalue weighted by Crippen LogP contribution is 2.35. The van der Waals surface area contributed by atoms with Gasteiger partial charge >= 0.3 is 6.03 Å². The number of likely N-dealkylation sites (tertiary alicyclic amines) is 1. The van der Waals surface area contributed by atoms with E-state index in [0.717, 1.165) is 6.07 Å². The molecule has 0 unspecified atom stereocenters. The van der Waals surface area contributed by atoms with Crippen molar-refractivity contribution in [3.63, 3.8) is 0 Å². The van der Waals surface area contributed by atoms with Gasteiger partial charge in [0.15, 0.2) is 17.5 Å². The number of aliphatic hydroxyl groups is 1. The number of amides is 2. The highest BCUT2D eigenvalue weighted by atomic mass is 79.9. The summed E-state index contributed by atoms with van der Waals surface area (Å²) in [6.45, 7) is 5.38. The number of aromatic nitrogens is 2. The molecule has 0 bridgehead atoms. The lowest BCUT2D eigenvalue weighted by Gasteiger charge is -2.21. The molecular formula is C27H32BrF2N5O4. The molecule has 0 aliphatic carbocycles. The fourth-order valence-electron chi connectivity index (χ4n) is 4.41. The maximum Gasteiger partial charge on any atom is 0.320 e. The van der Waals surface area contributed by atoms with Gasteiger partial charge in [-0.3, -0.25) is 10.2 Å². The zero-order valence-corrected chi connectivity index (χ0v) is 23.5. The van der Waals surface area contributed by atoms with Gasteiger partial charge in [0.05, 0.1) is 23.9 Å². The number of halogens is 3. The number of nitrogens with one attached hydrogen (secondary N) is 2. The van der Waals surface area contributed by atoms with Gasteiger partial charge in [-0.2, -0.15) is 0 Å². The van der Waals surface area contributed by atoms with Crippen LogP contribution in [0.15, 0.2) is 53.0 Å². The van der Waals surface area contributed by atoms with Crippen LogP contribution in [0.2, 0.25) is 0 Å². The number of hydrogen-bond acceptors (Lipinski definition) is 6. The van der Waals surface area contributed by atoms with Crippen molar-refractivity contribution < 1.29 is 28.2 Å². The number of methoxy groups -OCH3 is 1. The molecule has 1 aliphatic heterocycles. The normalized spacial score (nSPS) is 17.8. The van der Waals surface area contributed by atoms with Gasteiger partial charge in [0, 0.05) is 32.7 Å². The second-order valence-electron chi connectivity index (χ2n) is 10.1. The van der Waals surface area contributed by atoms with E-state index < -0.39 is 23.3 Å². The number of carbonyl (C=O) groups is 1. The highest BCUT2D eigenvalue weighted by molar-refractivity contribution is 9.10. The van der Waals surface area contributed by atoms with E-state index in [1.807, 2.05) is 30.3 Å². The monoisotopic (exact) mass is 607 g/mol. The Morgan fingerprint density at radius 3 is 2.59 bits per heavy atom. The second kappa shape index (κ2) is 12.4. The van der Waals surface area contributed by atoms with Crippen LogP contribution in [0, 0.1) is 11.6 Å². The van der Waals surface area contributed by atoms with E-state index in [2.05, 4.69) is 36.6 Å². The topological polar surface area (TPSA) is 101 Å². The highest BCUT2D eigenvalue weighted by Gasteiger charge is 2.35. The van der Waals surface area contributed by atoms with Crippen molar-refractivity contribution in [3.05, 3.63) is 70.2 Å². The van der Waals surface area contributed by atoms with E-state index in [1.165, 1.54) is 10.7 Å². The predicted molar refractivity (Wildman–Crippen MR) is 146 cm³/mol. The molecule has 0 spiro atoms. The number of urea groups is 1. The molecule has 0 saturated carbocycles. The predicted octanol–water partition coefficient (Wildman–Crippen LogP) is 4.30. The third kappa shape index (κ3) is 7.33. The van der Waals surface area contributed by atoms with Crippen LogP contribution >= 0.6 is 15.9 Å². The molecule has 2 heterocycles. The summed E-state index contributed by atoms with van der Waals surface area (Å²) in [7, 11) is 1.61. The van der Waals surface area contributed by atoms with Gasteiger partial charge in [0.1, 0.15) is 11.1 Å². The molecule has 4 rings (SSSR count). The van der Waals surface area contributed by atoms with Gasteiger partial charge in [-0.15, -0.1) is 5.10 Å². The second-order valence-corrected chi connectivity index (χ2v) is 10.8. The minimum absolute atomic E-state index is 0.0155. The summed E-state index contributed by atoms with van der Waals surface area (Å²) < 4.78 is 40.5. The molecule has 39 heavy (non-hydrogen) atoms. The molecule has 2 aromatic carbocycles. The van der Waals surface area contributed by atoms with Crippen molar-refractivity contribution in [1.29, 1.82) is 0 Å². The molecule has 12 heteroatoms. The van der Waals surface area contributed by atoms with Crippen molar-refractivity contribution in [2.24, 2.45) is 0 Å². The van der Waals surface area contributed by atoms with Gasteiger partial charge in [-0.1, -0.05) is 24.3 Å². The number of hydrogen-bond donors (Lipinski definition) is 3. The Hall–Kier alpha value is -3.06. The Bertz CT molecular complexity index is 1290. The third-order valence-electron chi connectivity index (χ3n) is 6.29. The Kier molecular flexibility index (Phi) is 9.21. The fourth-order valence-corrected chi connectivity index (χ4v) is 4.87. The first kappa shape index (κ1) is 28.9. The Balaban J connectivity index is 1.57. The van der Waals surface area contributed by atoms with E-state index in [9.17, 15) is 18.7 Å². The van der Waals surface area contributed by atoms with E-state index in [4.69, 9.17) is 9.47 Å². The lowest BCUT2D eigenvalue weighted by atomic mass is 9.94. The number of carbonyl (C=O) groups excluding carboxylic acids is 1. The summed E-state index contributed by atoms with van der Waals surface area (Å²) in [5.41, 5.74) is 0.183. The Labute approximate surface area is 234 Å². The average molecular weight is 608 g/mol. The third-order valence-corrected chi connectivity index (χ3v) is 7.00. The molecule has 0 radical (unpaired) electrons. The molecular weight excluding hydrogens is 576 g/mol. The largest absolute Gasteiger partial charge is 0.473 e. The van der Waals surface area contributed by atoms with E-state index in [0.29, 0.717) is 47.8 Å². The number of rotatable bonds is 10. The van der Waals surface area contributed by atoms with Gasteiger partial charge in [-0.25, -0.2) is 18.3 Å². The van der Waals surface area contributed by atoms with Gasteiger partial charge in [0.25, 0.3) is 0 Å². The maximum absolute atomic E-state index is 14.0. The minimum Gasteiger partial charge on any atom is -0.473 e. The quantitative estimate of drug-likeness (QED) is 0.318. The van der Waals surface area contributed by atoms with E-state index >= 15 is 0 Å². The van der Waals surface area contributed by atoms with Crippen LogP contribution in [0.3, 0.4) is 0 Å². The van der Waals surface area contributed by atoms with Crippen LogP contribution in [0.5, 0.6) is 5.88 Å². The number of anilines is 1. The summed E-state index contributed by atoms with van der Waals surface area (Å²) in [6, 6.07) is 12.1. The van der Waals surface area contributed by atoms with Crippen LogP contribution in [-0.2, 0) is 4.74 Å². The van der Waals surface area contributed by atoms with Crippen LogP contribution in [0.1, 0.15) is 25.3 Å². The maximum atomic E-state index is 14.0. The van der Waals surface area contributed by atoms with Crippen molar-refractivity contribution >= 4 is 27.8 Å². The number of ether oxygens (including phenoxy) is 2. The SMILES string of the molecule is COCCN1C[C@@H](NC(=O)Nc2c(Br)c(OCC(C)(C)O)nn2-c2ccccc2)[C@H](c2ccc(F)c(F)c2)C1. The average Bonchev–Trinajstić information content (AvgIpc) is 3.43. The number of benzene rings is 2. The van der Waals surface area contributed by atoms with Gasteiger partial charge in [0.2, 0.25) is 5.88 Å². The first-order valence-corrected chi connectivity index (χ1v) is 13.3. The Morgan fingerprint density at radius 2 is 1.92 bits per heavy atom. The molecule has 1 aromatic heterocycles. The summed E-state index contributed by atoms with van der Waals surface area (Å²) in [5, 5.41) is 20.4. The molecule has 2 atom stereocenters. The molecule has 3 aromatic rings. The molecule has 1 aliphatic rings. The smallest absolute Gasteiger partial charge is 0.320 e. The zero-order valence-electron chi connectivity index (χ0n) is 22.0. The lowest BCUT2D eigenvalue weighted by molar-refractivity contribution is 0.0264. The lowest BCUT2D eigenvalue weighted by Crippen LogP contribution is -2.42.